The molecular formula is C14H13N5O3S. The molecule has 0 amide bonds. The first kappa shape index (κ1) is 15.2. The van der Waals surface area contributed by atoms with Crippen molar-refractivity contribution >= 4 is 28.0 Å². The molecule has 118 valence electrons. The van der Waals surface area contributed by atoms with Crippen LogP contribution in [0.15, 0.2) is 40.4 Å². The van der Waals surface area contributed by atoms with Crippen molar-refractivity contribution in [2.24, 2.45) is 14.1 Å². The van der Waals surface area contributed by atoms with Gasteiger partial charge in [-0.3, -0.25) is 23.7 Å². The lowest BCUT2D eigenvalue weighted by Gasteiger charge is -2.06. The molecule has 23 heavy (non-hydrogen) atoms. The van der Waals surface area contributed by atoms with E-state index >= 15 is 0 Å². The van der Waals surface area contributed by atoms with Gasteiger partial charge in [-0.1, -0.05) is 11.8 Å². The van der Waals surface area contributed by atoms with Gasteiger partial charge in [0.25, 0.3) is 5.56 Å². The molecule has 0 aromatic carbocycles. The molecule has 0 N–H and O–H groups in total. The summed E-state index contributed by atoms with van der Waals surface area (Å²) in [4.78, 5) is 44.3. The molecule has 0 bridgehead atoms. The number of aryl methyl sites for hydroxylation is 1. The van der Waals surface area contributed by atoms with Crippen molar-refractivity contribution < 1.29 is 4.79 Å². The minimum atomic E-state index is -0.438. The number of rotatable bonds is 3. The standard InChI is InChI=1S/C14H13N5O3S/c1-17-11-10(12(20)18(2)14(17)22)19(7-16-11)8-23-13(21)9-4-3-5-15-6-9/h3-7H,8H2,1-2H3. The monoisotopic (exact) mass is 331 g/mol. The van der Waals surface area contributed by atoms with Gasteiger partial charge in [-0.25, -0.2) is 9.78 Å². The predicted molar refractivity (Wildman–Crippen MR) is 86.4 cm³/mol. The third-order valence-electron chi connectivity index (χ3n) is 3.45. The van der Waals surface area contributed by atoms with Crippen LogP contribution in [0.3, 0.4) is 0 Å². The van der Waals surface area contributed by atoms with E-state index in [1.54, 1.807) is 29.9 Å². The average Bonchev–Trinajstić information content (AvgIpc) is 3.00. The van der Waals surface area contributed by atoms with Gasteiger partial charge in [0.2, 0.25) is 5.12 Å². The van der Waals surface area contributed by atoms with Gasteiger partial charge in [0, 0.05) is 32.1 Å². The molecule has 8 nitrogen and oxygen atoms in total. The van der Waals surface area contributed by atoms with Crippen LogP contribution in [0.2, 0.25) is 0 Å². The van der Waals surface area contributed by atoms with Crippen LogP contribution in [0.25, 0.3) is 11.2 Å². The second-order valence-corrected chi connectivity index (χ2v) is 5.81. The summed E-state index contributed by atoms with van der Waals surface area (Å²) in [6, 6.07) is 3.36. The molecule has 3 rings (SSSR count). The summed E-state index contributed by atoms with van der Waals surface area (Å²) in [5.41, 5.74) is 0.206. The fourth-order valence-corrected chi connectivity index (χ4v) is 2.93. The lowest BCUT2D eigenvalue weighted by atomic mass is 10.3. The number of hydrogen-bond acceptors (Lipinski definition) is 6. The van der Waals surface area contributed by atoms with Gasteiger partial charge in [0.05, 0.1) is 12.2 Å². The Morgan fingerprint density at radius 3 is 2.74 bits per heavy atom. The summed E-state index contributed by atoms with van der Waals surface area (Å²) in [5.74, 6) is 0.220. The molecule has 3 aromatic rings. The van der Waals surface area contributed by atoms with Gasteiger partial charge in [-0.2, -0.15) is 0 Å². The molecule has 0 atom stereocenters. The third-order valence-corrected chi connectivity index (χ3v) is 4.35. The van der Waals surface area contributed by atoms with Crippen molar-refractivity contribution in [3.63, 3.8) is 0 Å². The minimum absolute atomic E-state index is 0.151. The number of pyridine rings is 1. The molecule has 0 saturated carbocycles. The SMILES string of the molecule is Cn1c(=O)c2c(ncn2CSC(=O)c2cccnc2)n(C)c1=O. The molecule has 0 radical (unpaired) electrons. The number of nitrogens with zero attached hydrogens (tertiary/aromatic N) is 5. The molecule has 0 spiro atoms. The molecule has 0 unspecified atom stereocenters. The van der Waals surface area contributed by atoms with Gasteiger partial charge in [-0.15, -0.1) is 0 Å². The average molecular weight is 331 g/mol. The van der Waals surface area contributed by atoms with Gasteiger partial charge in [-0.05, 0) is 12.1 Å². The summed E-state index contributed by atoms with van der Waals surface area (Å²) in [7, 11) is 2.96. The highest BCUT2D eigenvalue weighted by Gasteiger charge is 2.15. The van der Waals surface area contributed by atoms with E-state index in [0.717, 1.165) is 16.3 Å². The largest absolute Gasteiger partial charge is 0.332 e. The summed E-state index contributed by atoms with van der Waals surface area (Å²) < 4.78 is 3.89. The van der Waals surface area contributed by atoms with Crippen LogP contribution >= 0.6 is 11.8 Å². The van der Waals surface area contributed by atoms with E-state index in [1.165, 1.54) is 24.1 Å². The van der Waals surface area contributed by atoms with E-state index in [1.807, 2.05) is 0 Å². The fourth-order valence-electron chi connectivity index (χ4n) is 2.19. The molecule has 0 saturated heterocycles. The Hall–Kier alpha value is -2.68. The highest BCUT2D eigenvalue weighted by Crippen LogP contribution is 2.16. The second kappa shape index (κ2) is 5.84. The van der Waals surface area contributed by atoms with E-state index in [9.17, 15) is 14.4 Å². The molecule has 0 aliphatic heterocycles. The smallest absolute Gasteiger partial charge is 0.314 e. The van der Waals surface area contributed by atoms with Crippen molar-refractivity contribution in [3.05, 3.63) is 57.3 Å². The molecule has 0 fully saturated rings. The highest BCUT2D eigenvalue weighted by atomic mass is 32.2. The Morgan fingerprint density at radius 1 is 1.26 bits per heavy atom. The van der Waals surface area contributed by atoms with Crippen LogP contribution in [-0.4, -0.2) is 28.8 Å². The first-order valence-electron chi connectivity index (χ1n) is 6.68. The third kappa shape index (κ3) is 2.59. The van der Waals surface area contributed by atoms with Crippen molar-refractivity contribution in [1.29, 1.82) is 0 Å². The molecule has 0 aliphatic carbocycles. The first-order valence-corrected chi connectivity index (χ1v) is 7.67. The number of imidazole rings is 1. The van der Waals surface area contributed by atoms with Crippen molar-refractivity contribution in [2.45, 2.75) is 5.88 Å². The topological polar surface area (TPSA) is 91.8 Å². The molecular weight excluding hydrogens is 318 g/mol. The highest BCUT2D eigenvalue weighted by molar-refractivity contribution is 8.13. The quantitative estimate of drug-likeness (QED) is 0.688. The number of fused-ring (bicyclic) bond motifs is 1. The summed E-state index contributed by atoms with van der Waals surface area (Å²) in [5, 5.41) is -0.151. The number of carbonyl (C=O) groups excluding carboxylic acids is 1. The van der Waals surface area contributed by atoms with Crippen molar-refractivity contribution in [1.82, 2.24) is 23.7 Å². The minimum Gasteiger partial charge on any atom is -0.314 e. The van der Waals surface area contributed by atoms with Gasteiger partial charge in [0.15, 0.2) is 11.2 Å². The van der Waals surface area contributed by atoms with Crippen LogP contribution in [0.1, 0.15) is 10.4 Å². The normalized spacial score (nSPS) is 11.0. The Bertz CT molecular complexity index is 1000. The second-order valence-electron chi connectivity index (χ2n) is 4.89. The fraction of sp³-hybridized carbons (Fsp3) is 0.214. The van der Waals surface area contributed by atoms with E-state index in [0.29, 0.717) is 16.7 Å². The molecule has 9 heteroatoms. The lowest BCUT2D eigenvalue weighted by molar-refractivity contribution is 0.108. The Kier molecular flexibility index (Phi) is 3.87. The van der Waals surface area contributed by atoms with E-state index in [4.69, 9.17) is 0 Å². The van der Waals surface area contributed by atoms with Gasteiger partial charge in [0.1, 0.15) is 0 Å². The van der Waals surface area contributed by atoms with Crippen LogP contribution in [0, 0.1) is 0 Å². The van der Waals surface area contributed by atoms with Crippen molar-refractivity contribution in [2.75, 3.05) is 0 Å². The molecule has 0 aliphatic rings. The number of hydrogen-bond donors (Lipinski definition) is 0. The van der Waals surface area contributed by atoms with Crippen LogP contribution in [-0.2, 0) is 20.0 Å². The Labute approximate surface area is 134 Å². The van der Waals surface area contributed by atoms with E-state index in [-0.39, 0.29) is 11.0 Å². The maximum atomic E-state index is 12.3. The Morgan fingerprint density at radius 2 is 2.04 bits per heavy atom. The van der Waals surface area contributed by atoms with E-state index in [2.05, 4.69) is 9.97 Å². The summed E-state index contributed by atoms with van der Waals surface area (Å²) in [6.45, 7) is 0. The van der Waals surface area contributed by atoms with Crippen LogP contribution in [0.4, 0.5) is 0 Å². The number of thioether (sulfide) groups is 1. The zero-order chi connectivity index (χ0) is 16.6. The van der Waals surface area contributed by atoms with Crippen LogP contribution in [0.5, 0.6) is 0 Å². The molecule has 3 aromatic heterocycles. The summed E-state index contributed by atoms with van der Waals surface area (Å²) >= 11 is 1.04. The first-order chi connectivity index (χ1) is 11.0. The summed E-state index contributed by atoms with van der Waals surface area (Å²) in [6.07, 6.45) is 4.54. The Balaban J connectivity index is 1.95. The lowest BCUT2D eigenvalue weighted by Crippen LogP contribution is -2.37. The zero-order valence-corrected chi connectivity index (χ0v) is 13.3. The zero-order valence-electron chi connectivity index (χ0n) is 12.5. The van der Waals surface area contributed by atoms with Crippen LogP contribution < -0.4 is 11.2 Å². The maximum Gasteiger partial charge on any atom is 0.332 e. The van der Waals surface area contributed by atoms with Gasteiger partial charge < -0.3 is 4.57 Å². The number of carbonyl (C=O) groups is 1. The van der Waals surface area contributed by atoms with Gasteiger partial charge >= 0.3 is 5.69 Å². The predicted octanol–water partition coefficient (Wildman–Crippen LogP) is 0.360. The number of aromatic nitrogens is 5. The van der Waals surface area contributed by atoms with Crippen molar-refractivity contribution in [3.8, 4) is 0 Å². The van der Waals surface area contributed by atoms with E-state index < -0.39 is 11.2 Å². The maximum absolute atomic E-state index is 12.3. The molecule has 3 heterocycles.